The molecule has 0 saturated heterocycles. The third-order valence-corrected chi connectivity index (χ3v) is 17.8. The fourth-order valence-electron chi connectivity index (χ4n) is 10.0. The Morgan fingerprint density at radius 1 is 0.290 bits per heavy atom. The van der Waals surface area contributed by atoms with Crippen molar-refractivity contribution in [3.05, 3.63) is 122 Å². The van der Waals surface area contributed by atoms with Gasteiger partial charge < -0.3 is 33.8 Å². The minimum atomic E-state index is -4.99. The van der Waals surface area contributed by atoms with Crippen LogP contribution < -0.4 is 0 Å². The van der Waals surface area contributed by atoms with E-state index in [9.17, 15) is 43.2 Å². The van der Waals surface area contributed by atoms with Crippen LogP contribution in [0.4, 0.5) is 0 Å². The number of phosphoric acid groups is 2. The molecular formula is C81H138O17P2. The first-order chi connectivity index (χ1) is 48.7. The Balaban J connectivity index is 5.38. The van der Waals surface area contributed by atoms with E-state index in [-0.39, 0.29) is 25.7 Å². The Kier molecular flexibility index (Phi) is 69.5. The summed E-state index contributed by atoms with van der Waals surface area (Å²) in [5.74, 6) is -2.27. The van der Waals surface area contributed by atoms with Crippen LogP contribution in [0.5, 0.6) is 0 Å². The number of carbonyl (C=O) groups excluding carboxylic acids is 4. The van der Waals surface area contributed by atoms with Crippen LogP contribution in [0.15, 0.2) is 122 Å². The maximum Gasteiger partial charge on any atom is 0.472 e. The largest absolute Gasteiger partial charge is 0.472 e. The van der Waals surface area contributed by atoms with Gasteiger partial charge in [-0.1, -0.05) is 265 Å². The Bertz CT molecular complexity index is 2370. The van der Waals surface area contributed by atoms with E-state index in [0.29, 0.717) is 32.1 Å². The van der Waals surface area contributed by atoms with Gasteiger partial charge in [0.15, 0.2) is 12.2 Å². The van der Waals surface area contributed by atoms with Crippen molar-refractivity contribution in [3.63, 3.8) is 0 Å². The number of rotatable bonds is 72. The predicted octanol–water partition coefficient (Wildman–Crippen LogP) is 22.3. The third kappa shape index (κ3) is 71.8. The van der Waals surface area contributed by atoms with Crippen molar-refractivity contribution in [1.29, 1.82) is 0 Å². The van der Waals surface area contributed by atoms with Crippen LogP contribution >= 0.6 is 15.6 Å². The zero-order valence-corrected chi connectivity index (χ0v) is 64.4. The van der Waals surface area contributed by atoms with Gasteiger partial charge in [-0.15, -0.1) is 0 Å². The third-order valence-electron chi connectivity index (χ3n) is 15.9. The van der Waals surface area contributed by atoms with E-state index < -0.39 is 97.5 Å². The summed E-state index contributed by atoms with van der Waals surface area (Å²) < 4.78 is 68.4. The molecule has 0 bridgehead atoms. The number of esters is 4. The summed E-state index contributed by atoms with van der Waals surface area (Å²) in [6, 6.07) is 0. The summed E-state index contributed by atoms with van der Waals surface area (Å²) in [5.41, 5.74) is 0. The summed E-state index contributed by atoms with van der Waals surface area (Å²) >= 11 is 0. The number of aliphatic hydroxyl groups excluding tert-OH is 1. The van der Waals surface area contributed by atoms with E-state index in [1.165, 1.54) is 51.4 Å². The average molecular weight is 1450 g/mol. The number of unbranched alkanes of at least 4 members (excludes halogenated alkanes) is 26. The second-order valence-corrected chi connectivity index (χ2v) is 28.4. The highest BCUT2D eigenvalue weighted by molar-refractivity contribution is 7.47. The molecule has 0 heterocycles. The highest BCUT2D eigenvalue weighted by atomic mass is 31.2. The lowest BCUT2D eigenvalue weighted by Crippen LogP contribution is -2.30. The Morgan fingerprint density at radius 2 is 0.540 bits per heavy atom. The minimum Gasteiger partial charge on any atom is -0.462 e. The standard InChI is InChI=1S/C81H138O17P2/c1-5-9-13-17-21-25-29-32-35-37-40-42-46-49-53-57-61-65-78(83)91-71-76(97-80(85)67-63-59-55-51-45-28-24-20-16-12-8-4)73-95-99(87,88)93-69-75(82)70-94-100(89,90)96-74-77(98-81(86)68-64-60-56-52-48-44-39-34-31-27-23-19-15-11-7-3)72-92-79(84)66-62-58-54-50-47-43-41-38-36-33-30-26-22-18-14-10-6-2/h9-10,13-14,20-22,24-26,32-36,39,41,43,50,54,75-77,82H,5-8,11-12,15-19,23,27-31,37-38,40,42,44-49,51-53,55-74H2,1-4H3,(H,87,88)(H,89,90)/b13-9-,14-10-,24-20-,25-21-,26-22-,35-32-,36-33-,39-34-,43-41-,54-50-. The molecule has 5 atom stereocenters. The molecule has 17 nitrogen and oxygen atoms in total. The molecule has 5 unspecified atom stereocenters. The molecular weight excluding hydrogens is 1310 g/mol. The lowest BCUT2D eigenvalue weighted by molar-refractivity contribution is -0.161. The Morgan fingerprint density at radius 3 is 0.880 bits per heavy atom. The summed E-state index contributed by atoms with van der Waals surface area (Å²) in [5, 5.41) is 10.6. The number of hydrogen-bond acceptors (Lipinski definition) is 15. The van der Waals surface area contributed by atoms with E-state index in [0.717, 1.165) is 173 Å². The Hall–Kier alpha value is -4.54. The summed E-state index contributed by atoms with van der Waals surface area (Å²) in [6.45, 7) is 4.52. The van der Waals surface area contributed by atoms with Gasteiger partial charge in [-0.2, -0.15) is 0 Å². The molecule has 0 aliphatic heterocycles. The lowest BCUT2D eigenvalue weighted by Gasteiger charge is -2.21. The van der Waals surface area contributed by atoms with Gasteiger partial charge in [0, 0.05) is 25.7 Å². The molecule has 0 spiro atoms. The molecule has 0 aromatic heterocycles. The second kappa shape index (κ2) is 72.8. The number of hydrogen-bond donors (Lipinski definition) is 3. The maximum atomic E-state index is 13.1. The molecule has 100 heavy (non-hydrogen) atoms. The zero-order valence-electron chi connectivity index (χ0n) is 62.6. The van der Waals surface area contributed by atoms with E-state index in [1.54, 1.807) is 0 Å². The molecule has 19 heteroatoms. The first-order valence-electron chi connectivity index (χ1n) is 38.8. The summed E-state index contributed by atoms with van der Waals surface area (Å²) in [6.07, 6.45) is 79.1. The highest BCUT2D eigenvalue weighted by Crippen LogP contribution is 2.45. The fraction of sp³-hybridized carbons (Fsp3) is 0.704. The van der Waals surface area contributed by atoms with E-state index in [2.05, 4.69) is 137 Å². The number of phosphoric ester groups is 2. The molecule has 0 aromatic carbocycles. The fourth-order valence-corrected chi connectivity index (χ4v) is 11.6. The zero-order chi connectivity index (χ0) is 73.2. The second-order valence-electron chi connectivity index (χ2n) is 25.5. The van der Waals surface area contributed by atoms with Gasteiger partial charge >= 0.3 is 39.5 Å². The van der Waals surface area contributed by atoms with Crippen LogP contribution in [-0.2, 0) is 65.4 Å². The van der Waals surface area contributed by atoms with Gasteiger partial charge in [-0.3, -0.25) is 37.3 Å². The van der Waals surface area contributed by atoms with Crippen LogP contribution in [0.1, 0.15) is 310 Å². The van der Waals surface area contributed by atoms with Gasteiger partial charge in [0.2, 0.25) is 0 Å². The SMILES string of the molecule is CC/C=C\C/C=C\C/C=C\C/C=C\C/C=C\CCCC(=O)OCC(COP(=O)(O)OCC(O)COP(=O)(O)OCC(COC(=O)CCCCCCCCC/C=C\C/C=C\C/C=C\CC)OC(=O)CCCCCCC/C=C\CCCC)OC(=O)CCCCCCC/C=C\CCCCCCCC. The molecule has 0 aliphatic carbocycles. The number of ether oxygens (including phenoxy) is 4. The molecule has 0 fully saturated rings. The lowest BCUT2D eigenvalue weighted by atomic mass is 10.1. The van der Waals surface area contributed by atoms with Crippen LogP contribution in [-0.4, -0.2) is 96.7 Å². The van der Waals surface area contributed by atoms with Crippen molar-refractivity contribution < 1.29 is 80.2 Å². The first-order valence-corrected chi connectivity index (χ1v) is 41.8. The van der Waals surface area contributed by atoms with Crippen molar-refractivity contribution >= 4 is 39.5 Å². The van der Waals surface area contributed by atoms with Crippen LogP contribution in [0, 0.1) is 0 Å². The van der Waals surface area contributed by atoms with Crippen LogP contribution in [0.25, 0.3) is 0 Å². The van der Waals surface area contributed by atoms with Crippen LogP contribution in [0.2, 0.25) is 0 Å². The van der Waals surface area contributed by atoms with Gasteiger partial charge in [0.05, 0.1) is 26.4 Å². The van der Waals surface area contributed by atoms with Gasteiger partial charge in [0.1, 0.15) is 19.3 Å². The monoisotopic (exact) mass is 1440 g/mol. The molecule has 0 amide bonds. The van der Waals surface area contributed by atoms with E-state index >= 15 is 0 Å². The van der Waals surface area contributed by atoms with E-state index in [1.807, 2.05) is 12.2 Å². The quantitative estimate of drug-likeness (QED) is 0.0169. The average Bonchev–Trinajstić information content (AvgIpc) is 1.02. The summed E-state index contributed by atoms with van der Waals surface area (Å²) in [4.78, 5) is 72.9. The van der Waals surface area contributed by atoms with E-state index in [4.69, 9.17) is 37.0 Å². The number of allylic oxidation sites excluding steroid dienone is 20. The predicted molar refractivity (Wildman–Crippen MR) is 408 cm³/mol. The van der Waals surface area contributed by atoms with Crippen molar-refractivity contribution in [2.45, 2.75) is 329 Å². The first kappa shape index (κ1) is 95.5. The number of aliphatic hydroxyl groups is 1. The smallest absolute Gasteiger partial charge is 0.462 e. The molecule has 0 aliphatic rings. The molecule has 0 rings (SSSR count). The van der Waals surface area contributed by atoms with Crippen molar-refractivity contribution in [2.75, 3.05) is 39.6 Å². The highest BCUT2D eigenvalue weighted by Gasteiger charge is 2.30. The molecule has 0 saturated carbocycles. The minimum absolute atomic E-state index is 0.0712. The van der Waals surface area contributed by atoms with Gasteiger partial charge in [0.25, 0.3) is 0 Å². The number of carbonyl (C=O) groups is 4. The van der Waals surface area contributed by atoms with Crippen molar-refractivity contribution in [3.8, 4) is 0 Å². The van der Waals surface area contributed by atoms with Crippen molar-refractivity contribution in [2.24, 2.45) is 0 Å². The summed E-state index contributed by atoms with van der Waals surface area (Å²) in [7, 11) is -9.97. The van der Waals surface area contributed by atoms with Gasteiger partial charge in [-0.05, 0) is 141 Å². The molecule has 574 valence electrons. The topological polar surface area (TPSA) is 237 Å². The van der Waals surface area contributed by atoms with Crippen molar-refractivity contribution in [1.82, 2.24) is 0 Å². The Labute approximate surface area is 606 Å². The van der Waals surface area contributed by atoms with Crippen LogP contribution in [0.3, 0.4) is 0 Å². The maximum absolute atomic E-state index is 13.1. The molecule has 0 radical (unpaired) electrons. The normalized spacial score (nSPS) is 14.6. The molecule has 0 aromatic rings. The van der Waals surface area contributed by atoms with Gasteiger partial charge in [-0.25, -0.2) is 9.13 Å². The molecule has 3 N–H and O–H groups in total.